The zero-order chi connectivity index (χ0) is 19.1. The van der Waals surface area contributed by atoms with Gasteiger partial charge in [0.15, 0.2) is 0 Å². The number of carbonyl (C=O) groups is 2. The highest BCUT2D eigenvalue weighted by molar-refractivity contribution is 8.15. The van der Waals surface area contributed by atoms with Crippen LogP contribution in [0.2, 0.25) is 0 Å². The van der Waals surface area contributed by atoms with Gasteiger partial charge in [-0.2, -0.15) is 0 Å². The Hall–Kier alpha value is -2.86. The van der Waals surface area contributed by atoms with Crippen LogP contribution in [0.15, 0.2) is 54.7 Å². The van der Waals surface area contributed by atoms with E-state index in [0.29, 0.717) is 0 Å². The first-order valence-corrected chi connectivity index (χ1v) is 10.2. The lowest BCUT2D eigenvalue weighted by Gasteiger charge is -2.28. The van der Waals surface area contributed by atoms with Crippen LogP contribution in [-0.2, 0) is 11.2 Å². The molecule has 140 valence electrons. The van der Waals surface area contributed by atoms with Gasteiger partial charge in [-0.05, 0) is 60.7 Å². The zero-order valence-corrected chi connectivity index (χ0v) is 15.9. The summed E-state index contributed by atoms with van der Waals surface area (Å²) in [5.74, 6) is 1.44. The molecular formula is C22H18N2O3S. The number of thioether (sulfide) groups is 1. The zero-order valence-electron chi connectivity index (χ0n) is 15.1. The number of fused-ring (bicyclic) bond motifs is 2. The Bertz CT molecular complexity index is 1090. The summed E-state index contributed by atoms with van der Waals surface area (Å²) in [6.07, 6.45) is 4.62. The van der Waals surface area contributed by atoms with Gasteiger partial charge < -0.3 is 4.74 Å². The minimum Gasteiger partial charge on any atom is -0.457 e. The van der Waals surface area contributed by atoms with E-state index in [-0.39, 0.29) is 22.3 Å². The minimum atomic E-state index is -0.331. The molecule has 0 radical (unpaired) electrons. The third-order valence-corrected chi connectivity index (χ3v) is 6.51. The minimum absolute atomic E-state index is 0.0657. The summed E-state index contributed by atoms with van der Waals surface area (Å²) < 4.78 is 6.18. The third kappa shape index (κ3) is 3.03. The summed E-state index contributed by atoms with van der Waals surface area (Å²) in [5, 5.41) is 2.81. The molecular weight excluding hydrogens is 372 g/mol. The number of aryl methyl sites for hydroxylation is 1. The second-order valence-corrected chi connectivity index (χ2v) is 8.22. The maximum atomic E-state index is 12.1. The van der Waals surface area contributed by atoms with Gasteiger partial charge in [-0.3, -0.25) is 19.9 Å². The molecule has 2 amide bonds. The van der Waals surface area contributed by atoms with E-state index in [4.69, 9.17) is 4.74 Å². The van der Waals surface area contributed by atoms with Crippen molar-refractivity contribution in [3.8, 4) is 11.5 Å². The monoisotopic (exact) mass is 390 g/mol. The van der Waals surface area contributed by atoms with Crippen molar-refractivity contribution in [1.29, 1.82) is 0 Å². The van der Waals surface area contributed by atoms with Gasteiger partial charge in [-0.1, -0.05) is 30.0 Å². The molecule has 1 saturated heterocycles. The molecule has 2 heterocycles. The van der Waals surface area contributed by atoms with Crippen molar-refractivity contribution < 1.29 is 14.3 Å². The largest absolute Gasteiger partial charge is 0.457 e. The van der Waals surface area contributed by atoms with E-state index < -0.39 is 0 Å². The van der Waals surface area contributed by atoms with E-state index in [1.165, 1.54) is 5.56 Å². The number of nitrogens with one attached hydrogen (secondary N) is 1. The van der Waals surface area contributed by atoms with Gasteiger partial charge in [0.1, 0.15) is 16.7 Å². The molecule has 5 rings (SSSR count). The van der Waals surface area contributed by atoms with Gasteiger partial charge in [0, 0.05) is 17.5 Å². The molecule has 1 aliphatic carbocycles. The van der Waals surface area contributed by atoms with Crippen LogP contribution in [0.25, 0.3) is 10.9 Å². The Morgan fingerprint density at radius 1 is 1.11 bits per heavy atom. The molecule has 0 spiro atoms. The number of nitrogens with zero attached hydrogens (tertiary/aromatic N) is 1. The van der Waals surface area contributed by atoms with Gasteiger partial charge in [0.05, 0.1) is 5.52 Å². The van der Waals surface area contributed by atoms with Gasteiger partial charge >= 0.3 is 0 Å². The standard InChI is InChI=1S/C22H18N2O3S/c25-21-20(28-22(26)24-21)16-6-3-4-13-12-14(8-9-15(13)16)27-19-10-11-23-18-7-2-1-5-17(18)19/h1-2,5,7-12,16,20H,3-4,6H2,(H,24,25,26)/t16-,20?/m1/s1. The summed E-state index contributed by atoms with van der Waals surface area (Å²) in [6, 6.07) is 15.8. The predicted molar refractivity (Wildman–Crippen MR) is 109 cm³/mol. The molecule has 1 N–H and O–H groups in total. The molecule has 0 saturated carbocycles. The van der Waals surface area contributed by atoms with Crippen molar-refractivity contribution in [2.24, 2.45) is 0 Å². The number of hydrogen-bond acceptors (Lipinski definition) is 5. The van der Waals surface area contributed by atoms with Gasteiger partial charge in [-0.15, -0.1) is 0 Å². The van der Waals surface area contributed by atoms with Crippen molar-refractivity contribution in [1.82, 2.24) is 10.3 Å². The molecule has 1 aliphatic heterocycles. The fraction of sp³-hybridized carbons (Fsp3) is 0.227. The SMILES string of the molecule is O=C1NC(=O)C([C@@H]2CCCc3cc(Oc4ccnc5ccccc45)ccc32)S1. The second kappa shape index (κ2) is 6.95. The number of hydrogen-bond donors (Lipinski definition) is 1. The number of aromatic nitrogens is 1. The fourth-order valence-electron chi connectivity index (χ4n) is 4.13. The van der Waals surface area contributed by atoms with Crippen molar-refractivity contribution >= 4 is 33.8 Å². The molecule has 0 bridgehead atoms. The molecule has 2 atom stereocenters. The molecule has 28 heavy (non-hydrogen) atoms. The second-order valence-electron chi connectivity index (χ2n) is 7.10. The summed E-state index contributed by atoms with van der Waals surface area (Å²) >= 11 is 1.11. The first kappa shape index (κ1) is 17.3. The Balaban J connectivity index is 1.46. The summed E-state index contributed by atoms with van der Waals surface area (Å²) in [5.41, 5.74) is 3.24. The van der Waals surface area contributed by atoms with Crippen LogP contribution in [0.3, 0.4) is 0 Å². The maximum absolute atomic E-state index is 12.1. The highest BCUT2D eigenvalue weighted by Gasteiger charge is 2.40. The summed E-state index contributed by atoms with van der Waals surface area (Å²) in [4.78, 5) is 28.1. The number of carbonyl (C=O) groups excluding carboxylic acids is 2. The van der Waals surface area contributed by atoms with Crippen LogP contribution in [0.5, 0.6) is 11.5 Å². The molecule has 2 aliphatic rings. The molecule has 6 heteroatoms. The van der Waals surface area contributed by atoms with Crippen LogP contribution in [0.1, 0.15) is 29.9 Å². The molecule has 3 aromatic rings. The highest BCUT2D eigenvalue weighted by atomic mass is 32.2. The average molecular weight is 390 g/mol. The number of rotatable bonds is 3. The van der Waals surface area contributed by atoms with E-state index in [9.17, 15) is 9.59 Å². The van der Waals surface area contributed by atoms with Crippen LogP contribution in [0.4, 0.5) is 4.79 Å². The van der Waals surface area contributed by atoms with Crippen LogP contribution in [0, 0.1) is 0 Å². The number of imide groups is 1. The maximum Gasteiger partial charge on any atom is 0.286 e. The summed E-state index contributed by atoms with van der Waals surface area (Å²) in [7, 11) is 0. The average Bonchev–Trinajstić information content (AvgIpc) is 3.05. The number of amides is 2. The Kier molecular flexibility index (Phi) is 4.28. The summed E-state index contributed by atoms with van der Waals surface area (Å²) in [6.45, 7) is 0. The van der Waals surface area contributed by atoms with E-state index in [1.807, 2.05) is 36.4 Å². The first-order valence-electron chi connectivity index (χ1n) is 9.35. The Morgan fingerprint density at radius 3 is 2.86 bits per heavy atom. The predicted octanol–water partition coefficient (Wildman–Crippen LogP) is 4.80. The number of pyridine rings is 1. The lowest BCUT2D eigenvalue weighted by atomic mass is 9.80. The van der Waals surface area contributed by atoms with Crippen molar-refractivity contribution in [2.75, 3.05) is 0 Å². The molecule has 2 aromatic carbocycles. The molecule has 5 nitrogen and oxygen atoms in total. The highest BCUT2D eigenvalue weighted by Crippen LogP contribution is 2.42. The van der Waals surface area contributed by atoms with Gasteiger partial charge in [0.2, 0.25) is 5.91 Å². The number of para-hydroxylation sites is 1. The quantitative estimate of drug-likeness (QED) is 0.696. The first-order chi connectivity index (χ1) is 13.7. The lowest BCUT2D eigenvalue weighted by molar-refractivity contribution is -0.119. The van der Waals surface area contributed by atoms with Crippen molar-refractivity contribution in [3.05, 3.63) is 65.9 Å². The van der Waals surface area contributed by atoms with E-state index in [0.717, 1.165) is 59.0 Å². The fourth-order valence-corrected chi connectivity index (χ4v) is 5.13. The smallest absolute Gasteiger partial charge is 0.286 e. The number of ether oxygens (including phenoxy) is 1. The molecule has 1 unspecified atom stereocenters. The van der Waals surface area contributed by atoms with Crippen molar-refractivity contribution in [3.63, 3.8) is 0 Å². The third-order valence-electron chi connectivity index (χ3n) is 5.40. The topological polar surface area (TPSA) is 68.3 Å². The Labute approximate surface area is 166 Å². The number of benzene rings is 2. The Morgan fingerprint density at radius 2 is 2.00 bits per heavy atom. The molecule has 1 aromatic heterocycles. The van der Waals surface area contributed by atoms with E-state index in [2.05, 4.69) is 22.4 Å². The van der Waals surface area contributed by atoms with E-state index >= 15 is 0 Å². The lowest BCUT2D eigenvalue weighted by Crippen LogP contribution is -2.30. The van der Waals surface area contributed by atoms with Crippen LogP contribution in [-0.4, -0.2) is 21.4 Å². The van der Waals surface area contributed by atoms with Crippen molar-refractivity contribution in [2.45, 2.75) is 30.4 Å². The van der Waals surface area contributed by atoms with Crippen LogP contribution >= 0.6 is 11.8 Å². The molecule has 1 fully saturated rings. The van der Waals surface area contributed by atoms with Gasteiger partial charge in [0.25, 0.3) is 5.24 Å². The van der Waals surface area contributed by atoms with Crippen LogP contribution < -0.4 is 10.1 Å². The van der Waals surface area contributed by atoms with Gasteiger partial charge in [-0.25, -0.2) is 0 Å². The normalized spacial score (nSPS) is 21.4. The van der Waals surface area contributed by atoms with E-state index in [1.54, 1.807) is 6.20 Å².